The van der Waals surface area contributed by atoms with Gasteiger partial charge >= 0.3 is 21.6 Å². The summed E-state index contributed by atoms with van der Waals surface area (Å²) in [6.45, 7) is 3.19. The molecular formula is C12H29NO14P2. The zero-order chi connectivity index (χ0) is 23.3. The van der Waals surface area contributed by atoms with Gasteiger partial charge < -0.3 is 44.1 Å². The Bertz CT molecular complexity index is 511. The van der Waals surface area contributed by atoms with Gasteiger partial charge in [-0.1, -0.05) is 6.92 Å². The Hall–Kier alpha value is -0.510. The number of methoxy groups -OCH3 is 1. The largest absolute Gasteiger partial charge is 0.481 e. The van der Waals surface area contributed by atoms with Crippen LogP contribution in [0.4, 0.5) is 0 Å². The molecular weight excluding hydrogens is 444 g/mol. The molecule has 29 heavy (non-hydrogen) atoms. The smallest absolute Gasteiger partial charge is 0.472 e. The van der Waals surface area contributed by atoms with Gasteiger partial charge in [-0.2, -0.15) is 0 Å². The highest BCUT2D eigenvalue weighted by Gasteiger charge is 2.36. The van der Waals surface area contributed by atoms with Crippen LogP contribution in [0, 0.1) is 5.92 Å². The lowest BCUT2D eigenvalue weighted by atomic mass is 10.0. The number of aliphatic hydroxyl groups is 1. The molecule has 0 aliphatic carbocycles. The SMILES string of the molecule is CC(O)C(C)CCC(=O)O.COC(OCCON)C(OP(=O)(O)O)OP(=O)(O)O. The van der Waals surface area contributed by atoms with Gasteiger partial charge in [0, 0.05) is 13.5 Å². The molecule has 176 valence electrons. The van der Waals surface area contributed by atoms with Crippen LogP contribution in [0.1, 0.15) is 26.7 Å². The molecule has 0 radical (unpaired) electrons. The van der Waals surface area contributed by atoms with E-state index in [1.54, 1.807) is 6.92 Å². The van der Waals surface area contributed by atoms with Crippen LogP contribution in [0.3, 0.4) is 0 Å². The number of hydrogen-bond donors (Lipinski definition) is 7. The molecule has 0 rings (SSSR count). The van der Waals surface area contributed by atoms with Crippen LogP contribution in [-0.2, 0) is 37.3 Å². The molecule has 0 saturated carbocycles. The van der Waals surface area contributed by atoms with Gasteiger partial charge in [-0.3, -0.25) is 13.8 Å². The van der Waals surface area contributed by atoms with E-state index >= 15 is 0 Å². The quantitative estimate of drug-likeness (QED) is 0.0712. The highest BCUT2D eigenvalue weighted by Crippen LogP contribution is 2.45. The minimum absolute atomic E-state index is 0.0797. The Morgan fingerprint density at radius 2 is 1.48 bits per heavy atom. The fraction of sp³-hybridized carbons (Fsp3) is 0.917. The third-order valence-electron chi connectivity index (χ3n) is 3.06. The van der Waals surface area contributed by atoms with Gasteiger partial charge in [0.1, 0.15) is 0 Å². The number of carboxylic acids is 1. The molecule has 0 amide bonds. The number of hydrogen-bond acceptors (Lipinski definition) is 10. The molecule has 0 heterocycles. The maximum Gasteiger partial charge on any atom is 0.472 e. The summed E-state index contributed by atoms with van der Waals surface area (Å²) in [7, 11) is -9.16. The number of aliphatic hydroxyl groups excluding tert-OH is 1. The van der Waals surface area contributed by atoms with Gasteiger partial charge in [0.25, 0.3) is 0 Å². The normalized spacial score (nSPS) is 15.4. The minimum atomic E-state index is -5.10. The van der Waals surface area contributed by atoms with Crippen LogP contribution in [-0.4, -0.2) is 74.8 Å². The van der Waals surface area contributed by atoms with Crippen LogP contribution >= 0.6 is 15.6 Å². The fourth-order valence-corrected chi connectivity index (χ4v) is 2.35. The van der Waals surface area contributed by atoms with Crippen molar-refractivity contribution in [3.63, 3.8) is 0 Å². The van der Waals surface area contributed by atoms with Crippen LogP contribution in [0.2, 0.25) is 0 Å². The topological polar surface area (TPSA) is 245 Å². The Morgan fingerprint density at radius 3 is 1.79 bits per heavy atom. The Morgan fingerprint density at radius 1 is 1.00 bits per heavy atom. The molecule has 8 N–H and O–H groups in total. The van der Waals surface area contributed by atoms with Gasteiger partial charge in [-0.05, 0) is 19.3 Å². The zero-order valence-electron chi connectivity index (χ0n) is 16.1. The summed E-state index contributed by atoms with van der Waals surface area (Å²) in [5.74, 6) is 3.98. The summed E-state index contributed by atoms with van der Waals surface area (Å²) in [5, 5.41) is 17.2. The fourth-order valence-electron chi connectivity index (χ4n) is 1.45. The lowest BCUT2D eigenvalue weighted by Crippen LogP contribution is -2.35. The van der Waals surface area contributed by atoms with E-state index in [1.807, 2.05) is 6.92 Å². The first kappa shape index (κ1) is 30.7. The van der Waals surface area contributed by atoms with Crippen molar-refractivity contribution in [2.75, 3.05) is 20.3 Å². The van der Waals surface area contributed by atoms with Crippen molar-refractivity contribution in [3.8, 4) is 0 Å². The second-order valence-corrected chi connectivity index (χ2v) is 7.94. The summed E-state index contributed by atoms with van der Waals surface area (Å²) in [4.78, 5) is 48.6. The Balaban J connectivity index is 0. The van der Waals surface area contributed by atoms with Crippen molar-refractivity contribution < 1.29 is 67.1 Å². The van der Waals surface area contributed by atoms with Crippen molar-refractivity contribution in [1.29, 1.82) is 0 Å². The van der Waals surface area contributed by atoms with E-state index in [-0.39, 0.29) is 25.6 Å². The molecule has 15 nitrogen and oxygen atoms in total. The molecule has 0 aromatic rings. The average Bonchev–Trinajstić information content (AvgIpc) is 2.53. The van der Waals surface area contributed by atoms with Crippen molar-refractivity contribution in [2.24, 2.45) is 11.8 Å². The van der Waals surface area contributed by atoms with Crippen molar-refractivity contribution in [1.82, 2.24) is 0 Å². The summed E-state index contributed by atoms with van der Waals surface area (Å²) < 4.78 is 38.8. The third-order valence-corrected chi connectivity index (χ3v) is 4.02. The summed E-state index contributed by atoms with van der Waals surface area (Å²) in [5.41, 5.74) is 0. The Labute approximate surface area is 167 Å². The van der Waals surface area contributed by atoms with Gasteiger partial charge in [0.05, 0.1) is 19.3 Å². The first-order valence-electron chi connectivity index (χ1n) is 7.96. The molecule has 0 aliphatic rings. The van der Waals surface area contributed by atoms with E-state index in [1.165, 1.54) is 0 Å². The molecule has 0 bridgehead atoms. The number of phosphoric ester groups is 2. The molecule has 0 aromatic heterocycles. The van der Waals surface area contributed by atoms with Gasteiger partial charge in [0.15, 0.2) is 0 Å². The lowest BCUT2D eigenvalue weighted by Gasteiger charge is -2.25. The second-order valence-electron chi connectivity index (χ2n) is 5.56. The molecule has 0 fully saturated rings. The first-order chi connectivity index (χ1) is 13.1. The monoisotopic (exact) mass is 473 g/mol. The summed E-state index contributed by atoms with van der Waals surface area (Å²) in [6.07, 6.45) is -3.50. The van der Waals surface area contributed by atoms with Crippen LogP contribution < -0.4 is 5.90 Å². The number of rotatable bonds is 14. The number of aliphatic carboxylic acids is 1. The average molecular weight is 473 g/mol. The van der Waals surface area contributed by atoms with Crippen molar-refractivity contribution >= 4 is 21.6 Å². The molecule has 0 saturated heterocycles. The Kier molecular flexibility index (Phi) is 16.2. The minimum Gasteiger partial charge on any atom is -0.481 e. The van der Waals surface area contributed by atoms with Gasteiger partial charge in [-0.15, -0.1) is 0 Å². The van der Waals surface area contributed by atoms with E-state index in [9.17, 15) is 13.9 Å². The number of carbonyl (C=O) groups is 1. The third kappa shape index (κ3) is 20.5. The molecule has 0 aliphatic heterocycles. The maximum atomic E-state index is 10.7. The molecule has 17 heteroatoms. The van der Waals surface area contributed by atoms with E-state index in [4.69, 9.17) is 40.4 Å². The van der Waals surface area contributed by atoms with Gasteiger partial charge in [-0.25, -0.2) is 15.0 Å². The van der Waals surface area contributed by atoms with Gasteiger partial charge in [0.2, 0.25) is 12.6 Å². The zero-order valence-corrected chi connectivity index (χ0v) is 17.8. The van der Waals surface area contributed by atoms with E-state index in [0.717, 1.165) is 7.11 Å². The van der Waals surface area contributed by atoms with Crippen molar-refractivity contribution in [2.45, 2.75) is 45.4 Å². The van der Waals surface area contributed by atoms with Crippen molar-refractivity contribution in [3.05, 3.63) is 0 Å². The highest BCUT2D eigenvalue weighted by molar-refractivity contribution is 7.47. The predicted octanol–water partition coefficient (Wildman–Crippen LogP) is -0.721. The van der Waals surface area contributed by atoms with E-state index < -0.39 is 40.3 Å². The van der Waals surface area contributed by atoms with E-state index in [0.29, 0.717) is 6.42 Å². The predicted molar refractivity (Wildman–Crippen MR) is 94.6 cm³/mol. The molecule has 3 atom stereocenters. The second kappa shape index (κ2) is 15.3. The highest BCUT2D eigenvalue weighted by atomic mass is 31.2. The number of carboxylic acid groups (broad SMARTS) is 1. The lowest BCUT2D eigenvalue weighted by molar-refractivity contribution is -0.235. The standard InChI is InChI=1S/C7H14O3.C5H15NO11P2/c1-5(6(2)8)3-4-7(9)10;1-13-4(14-2-3-15-6)5(16-18(7,8)9)17-19(10,11)12/h5-6,8H,3-4H2,1-2H3,(H,9,10);4-5H,2-3,6H2,1H3,(H2,7,8,9)(H2,10,11,12). The van der Waals surface area contributed by atoms with Crippen LogP contribution in [0.5, 0.6) is 0 Å². The van der Waals surface area contributed by atoms with E-state index in [2.05, 4.69) is 18.6 Å². The number of nitrogens with two attached hydrogens (primary N) is 1. The molecule has 0 spiro atoms. The summed E-state index contributed by atoms with van der Waals surface area (Å²) in [6, 6.07) is 0. The first-order valence-corrected chi connectivity index (χ1v) is 11.0. The van der Waals surface area contributed by atoms with Crippen LogP contribution in [0.25, 0.3) is 0 Å². The molecule has 0 aromatic carbocycles. The maximum absolute atomic E-state index is 10.7. The summed E-state index contributed by atoms with van der Waals surface area (Å²) >= 11 is 0. The molecule has 3 unspecified atom stereocenters. The number of phosphoric acid groups is 2. The van der Waals surface area contributed by atoms with Crippen LogP contribution in [0.15, 0.2) is 0 Å². The number of ether oxygens (including phenoxy) is 2.